The van der Waals surface area contributed by atoms with E-state index in [1.54, 1.807) is 11.3 Å². The van der Waals surface area contributed by atoms with Crippen molar-refractivity contribution < 1.29 is 4.74 Å². The van der Waals surface area contributed by atoms with Crippen molar-refractivity contribution in [2.75, 3.05) is 13.2 Å². The molecule has 2 rings (SSSR count). The monoisotopic (exact) mass is 323 g/mol. The summed E-state index contributed by atoms with van der Waals surface area (Å²) in [5, 5.41) is 6.58. The molecule has 0 aliphatic heterocycles. The highest BCUT2D eigenvalue weighted by atomic mass is 35.5. The van der Waals surface area contributed by atoms with Crippen LogP contribution in [0.1, 0.15) is 42.3 Å². The zero-order valence-electron chi connectivity index (χ0n) is 12.8. The van der Waals surface area contributed by atoms with Crippen LogP contribution in [0.3, 0.4) is 0 Å². The number of benzene rings is 1. The van der Waals surface area contributed by atoms with Crippen molar-refractivity contribution in [3.8, 4) is 5.75 Å². The smallest absolute Gasteiger partial charge is 0.119 e. The third-order valence-corrected chi connectivity index (χ3v) is 5.07. The number of halogens is 1. The van der Waals surface area contributed by atoms with Gasteiger partial charge in [-0.05, 0) is 55.5 Å². The Kier molecular flexibility index (Phi) is 6.09. The Morgan fingerprint density at radius 3 is 2.76 bits per heavy atom. The van der Waals surface area contributed by atoms with Crippen molar-refractivity contribution in [3.63, 3.8) is 0 Å². The van der Waals surface area contributed by atoms with Gasteiger partial charge in [0.1, 0.15) is 5.75 Å². The lowest BCUT2D eigenvalue weighted by Gasteiger charge is -2.19. The number of ether oxygens (including phenoxy) is 1. The second-order valence-corrected chi connectivity index (χ2v) is 6.28. The third-order valence-electron chi connectivity index (χ3n) is 3.29. The van der Waals surface area contributed by atoms with Crippen LogP contribution in [0.25, 0.3) is 0 Å². The van der Waals surface area contributed by atoms with Crippen LogP contribution in [-0.4, -0.2) is 13.2 Å². The average Bonchev–Trinajstić information content (AvgIpc) is 2.81. The minimum atomic E-state index is 0.122. The molecule has 2 aromatic rings. The molecule has 4 heteroatoms. The van der Waals surface area contributed by atoms with Gasteiger partial charge >= 0.3 is 0 Å². The minimum Gasteiger partial charge on any atom is -0.494 e. The summed E-state index contributed by atoms with van der Waals surface area (Å²) in [6.07, 6.45) is 1.09. The van der Waals surface area contributed by atoms with E-state index < -0.39 is 0 Å². The third kappa shape index (κ3) is 4.00. The van der Waals surface area contributed by atoms with Crippen LogP contribution in [0.4, 0.5) is 0 Å². The fourth-order valence-corrected chi connectivity index (χ4v) is 3.65. The molecule has 0 spiro atoms. The van der Waals surface area contributed by atoms with Crippen molar-refractivity contribution in [2.24, 2.45) is 0 Å². The molecular weight excluding hydrogens is 302 g/mol. The zero-order valence-corrected chi connectivity index (χ0v) is 14.4. The Bertz CT molecular complexity index is 582. The molecule has 21 heavy (non-hydrogen) atoms. The molecule has 0 radical (unpaired) electrons. The summed E-state index contributed by atoms with van der Waals surface area (Å²) in [4.78, 5) is 1.18. The lowest BCUT2D eigenvalue weighted by atomic mass is 10.0. The maximum absolute atomic E-state index is 6.47. The second-order valence-electron chi connectivity index (χ2n) is 4.99. The summed E-state index contributed by atoms with van der Waals surface area (Å²) in [5.41, 5.74) is 2.33. The SMILES string of the molecule is CCCNC(c1cccc(OCC)c1)c1scc(C)c1Cl. The molecule has 1 aromatic carbocycles. The highest BCUT2D eigenvalue weighted by Crippen LogP contribution is 2.36. The quantitative estimate of drug-likeness (QED) is 0.756. The van der Waals surface area contributed by atoms with Crippen LogP contribution >= 0.6 is 22.9 Å². The molecular formula is C17H22ClNOS. The van der Waals surface area contributed by atoms with Gasteiger partial charge in [-0.3, -0.25) is 0 Å². The Labute approximate surface area is 136 Å². The Balaban J connectivity index is 2.35. The summed E-state index contributed by atoms with van der Waals surface area (Å²) in [6.45, 7) is 7.85. The topological polar surface area (TPSA) is 21.3 Å². The van der Waals surface area contributed by atoms with Gasteiger partial charge in [-0.25, -0.2) is 0 Å². The lowest BCUT2D eigenvalue weighted by molar-refractivity contribution is 0.339. The fraction of sp³-hybridized carbons (Fsp3) is 0.412. The van der Waals surface area contributed by atoms with E-state index in [9.17, 15) is 0 Å². The van der Waals surface area contributed by atoms with Gasteiger partial charge in [0.25, 0.3) is 0 Å². The van der Waals surface area contributed by atoms with Crippen LogP contribution in [0, 0.1) is 6.92 Å². The molecule has 0 saturated heterocycles. The van der Waals surface area contributed by atoms with Crippen molar-refractivity contribution in [3.05, 3.63) is 50.7 Å². The molecule has 0 aliphatic rings. The van der Waals surface area contributed by atoms with Gasteiger partial charge in [-0.1, -0.05) is 30.7 Å². The van der Waals surface area contributed by atoms with Crippen LogP contribution in [0.2, 0.25) is 5.02 Å². The fourth-order valence-electron chi connectivity index (χ4n) is 2.25. The van der Waals surface area contributed by atoms with Gasteiger partial charge in [-0.15, -0.1) is 11.3 Å². The summed E-state index contributed by atoms with van der Waals surface area (Å²) in [6, 6.07) is 8.38. The molecule has 0 saturated carbocycles. The van der Waals surface area contributed by atoms with Crippen LogP contribution in [-0.2, 0) is 0 Å². The van der Waals surface area contributed by atoms with E-state index in [1.807, 2.05) is 19.1 Å². The van der Waals surface area contributed by atoms with Gasteiger partial charge in [0.2, 0.25) is 0 Å². The predicted molar refractivity (Wildman–Crippen MR) is 91.8 cm³/mol. The van der Waals surface area contributed by atoms with E-state index in [-0.39, 0.29) is 6.04 Å². The van der Waals surface area contributed by atoms with Crippen molar-refractivity contribution in [1.29, 1.82) is 0 Å². The normalized spacial score (nSPS) is 12.4. The van der Waals surface area contributed by atoms with Crippen molar-refractivity contribution >= 4 is 22.9 Å². The first kappa shape index (κ1) is 16.3. The molecule has 1 unspecified atom stereocenters. The number of rotatable bonds is 7. The first-order chi connectivity index (χ1) is 10.2. The standard InChI is InChI=1S/C17H22ClNOS/c1-4-9-19-16(17-15(18)12(3)11-21-17)13-7-6-8-14(10-13)20-5-2/h6-8,10-11,16,19H,4-5,9H2,1-3H3. The number of hydrogen-bond donors (Lipinski definition) is 1. The number of thiophene rings is 1. The molecule has 1 aromatic heterocycles. The highest BCUT2D eigenvalue weighted by Gasteiger charge is 2.19. The maximum Gasteiger partial charge on any atom is 0.119 e. The zero-order chi connectivity index (χ0) is 15.2. The Hall–Kier alpha value is -1.03. The summed E-state index contributed by atoms with van der Waals surface area (Å²) in [7, 11) is 0. The first-order valence-corrected chi connectivity index (χ1v) is 8.62. The molecule has 2 nitrogen and oxygen atoms in total. The van der Waals surface area contributed by atoms with E-state index in [0.717, 1.165) is 29.3 Å². The molecule has 0 fully saturated rings. The van der Waals surface area contributed by atoms with Crippen molar-refractivity contribution in [1.82, 2.24) is 5.32 Å². The van der Waals surface area contributed by atoms with Gasteiger partial charge in [0.15, 0.2) is 0 Å². The Morgan fingerprint density at radius 2 is 2.14 bits per heavy atom. The van der Waals surface area contributed by atoms with E-state index in [2.05, 4.69) is 36.7 Å². The van der Waals surface area contributed by atoms with Gasteiger partial charge < -0.3 is 10.1 Å². The van der Waals surface area contributed by atoms with Crippen molar-refractivity contribution in [2.45, 2.75) is 33.2 Å². The van der Waals surface area contributed by atoms with Crippen LogP contribution in [0.15, 0.2) is 29.6 Å². The van der Waals surface area contributed by atoms with Gasteiger partial charge in [-0.2, -0.15) is 0 Å². The first-order valence-electron chi connectivity index (χ1n) is 7.37. The summed E-state index contributed by atoms with van der Waals surface area (Å²) >= 11 is 8.19. The van der Waals surface area contributed by atoms with Crippen LogP contribution < -0.4 is 10.1 Å². The van der Waals surface area contributed by atoms with Crippen LogP contribution in [0.5, 0.6) is 5.75 Å². The lowest BCUT2D eigenvalue weighted by Crippen LogP contribution is -2.22. The summed E-state index contributed by atoms with van der Waals surface area (Å²) in [5.74, 6) is 0.905. The molecule has 114 valence electrons. The number of nitrogens with one attached hydrogen (secondary N) is 1. The number of aryl methyl sites for hydroxylation is 1. The molecule has 0 amide bonds. The minimum absolute atomic E-state index is 0.122. The van der Waals surface area contributed by atoms with Gasteiger partial charge in [0.05, 0.1) is 17.7 Å². The predicted octanol–water partition coefficient (Wildman–Crippen LogP) is 5.20. The molecule has 1 N–H and O–H groups in total. The maximum atomic E-state index is 6.47. The van der Waals surface area contributed by atoms with E-state index in [1.165, 1.54) is 10.4 Å². The van der Waals surface area contributed by atoms with E-state index in [0.29, 0.717) is 6.61 Å². The Morgan fingerprint density at radius 1 is 1.33 bits per heavy atom. The van der Waals surface area contributed by atoms with Gasteiger partial charge in [0, 0.05) is 4.88 Å². The average molecular weight is 324 g/mol. The second kappa shape index (κ2) is 7.83. The molecule has 1 heterocycles. The molecule has 1 atom stereocenters. The van der Waals surface area contributed by atoms with E-state index >= 15 is 0 Å². The molecule has 0 bridgehead atoms. The number of hydrogen-bond acceptors (Lipinski definition) is 3. The highest BCUT2D eigenvalue weighted by molar-refractivity contribution is 7.10. The largest absolute Gasteiger partial charge is 0.494 e. The summed E-state index contributed by atoms with van der Waals surface area (Å²) < 4.78 is 5.62. The molecule has 0 aliphatic carbocycles. The van der Waals surface area contributed by atoms with E-state index in [4.69, 9.17) is 16.3 Å².